The van der Waals surface area contributed by atoms with E-state index in [-0.39, 0.29) is 5.91 Å². The average molecular weight is 391 g/mol. The minimum Gasteiger partial charge on any atom is -0.364 e. The zero-order valence-corrected chi connectivity index (χ0v) is 16.7. The molecule has 8 heteroatoms. The molecule has 1 saturated heterocycles. The van der Waals surface area contributed by atoms with Crippen molar-refractivity contribution in [3.63, 3.8) is 0 Å². The maximum absolute atomic E-state index is 11.8. The fraction of sp³-hybridized carbons (Fsp3) is 0.429. The van der Waals surface area contributed by atoms with Crippen LogP contribution in [0.15, 0.2) is 30.7 Å². The molecule has 150 valence electrons. The van der Waals surface area contributed by atoms with E-state index in [0.717, 1.165) is 59.8 Å². The molecule has 1 aromatic carbocycles. The summed E-state index contributed by atoms with van der Waals surface area (Å²) in [7, 11) is 0. The monoisotopic (exact) mass is 391 g/mol. The molecule has 2 aliphatic rings. The van der Waals surface area contributed by atoms with Crippen LogP contribution in [0.5, 0.6) is 0 Å². The molecular weight excluding hydrogens is 366 g/mol. The summed E-state index contributed by atoms with van der Waals surface area (Å²) in [6.07, 6.45) is 5.58. The molecular formula is C21H25N7O. The van der Waals surface area contributed by atoms with Crippen molar-refractivity contribution in [1.82, 2.24) is 29.8 Å². The van der Waals surface area contributed by atoms with Gasteiger partial charge in [0.05, 0.1) is 11.9 Å². The minimum absolute atomic E-state index is 0.0151. The predicted molar refractivity (Wildman–Crippen MR) is 111 cm³/mol. The van der Waals surface area contributed by atoms with Crippen molar-refractivity contribution in [2.75, 3.05) is 18.4 Å². The Labute approximate surface area is 169 Å². The van der Waals surface area contributed by atoms with E-state index in [2.05, 4.69) is 44.4 Å². The lowest BCUT2D eigenvalue weighted by Gasteiger charge is -2.35. The molecule has 0 bridgehead atoms. The normalized spacial score (nSPS) is 17.7. The second-order valence-electron chi connectivity index (χ2n) is 8.09. The van der Waals surface area contributed by atoms with Gasteiger partial charge in [0.2, 0.25) is 0 Å². The molecule has 1 amide bonds. The Kier molecular flexibility index (Phi) is 4.43. The van der Waals surface area contributed by atoms with Crippen LogP contribution in [-0.2, 0) is 6.54 Å². The summed E-state index contributed by atoms with van der Waals surface area (Å²) in [5.74, 6) is 0.755. The first-order valence-corrected chi connectivity index (χ1v) is 10.2. The smallest absolute Gasteiger partial charge is 0.251 e. The number of carbonyl (C=O) groups excluding carboxylic acids is 1. The number of aromatic nitrogens is 4. The number of likely N-dealkylation sites (tertiary alicyclic amines) is 1. The molecule has 0 atom stereocenters. The number of hydrogen-bond acceptors (Lipinski definition) is 6. The van der Waals surface area contributed by atoms with Crippen LogP contribution in [0.1, 0.15) is 42.6 Å². The van der Waals surface area contributed by atoms with E-state index in [4.69, 9.17) is 0 Å². The Morgan fingerprint density at radius 3 is 2.83 bits per heavy atom. The van der Waals surface area contributed by atoms with E-state index in [1.165, 1.54) is 0 Å². The fourth-order valence-corrected chi connectivity index (χ4v) is 4.26. The fourth-order valence-electron chi connectivity index (χ4n) is 4.26. The van der Waals surface area contributed by atoms with Crippen LogP contribution in [0.4, 0.5) is 5.82 Å². The third-order valence-electron chi connectivity index (χ3n) is 5.99. The molecule has 2 aromatic heterocycles. The van der Waals surface area contributed by atoms with Crippen LogP contribution >= 0.6 is 0 Å². The molecule has 8 nitrogen and oxygen atoms in total. The summed E-state index contributed by atoms with van der Waals surface area (Å²) in [5, 5.41) is 10.9. The van der Waals surface area contributed by atoms with Crippen molar-refractivity contribution in [3.05, 3.63) is 41.9 Å². The van der Waals surface area contributed by atoms with Gasteiger partial charge < -0.3 is 15.5 Å². The van der Waals surface area contributed by atoms with Crippen LogP contribution in [0.2, 0.25) is 0 Å². The molecule has 0 saturated carbocycles. The first-order valence-electron chi connectivity index (χ1n) is 10.2. The number of rotatable bonds is 4. The largest absolute Gasteiger partial charge is 0.364 e. The van der Waals surface area contributed by atoms with E-state index in [1.807, 2.05) is 28.9 Å². The van der Waals surface area contributed by atoms with Gasteiger partial charge in [0, 0.05) is 42.8 Å². The number of hydrogen-bond donors (Lipinski definition) is 2. The molecule has 0 spiro atoms. The molecule has 5 rings (SSSR count). The summed E-state index contributed by atoms with van der Waals surface area (Å²) < 4.78 is 1.82. The van der Waals surface area contributed by atoms with Gasteiger partial charge in [-0.3, -0.25) is 4.79 Å². The molecule has 2 N–H and O–H groups in total. The van der Waals surface area contributed by atoms with Crippen LogP contribution in [-0.4, -0.2) is 55.6 Å². The Morgan fingerprint density at radius 1 is 1.21 bits per heavy atom. The van der Waals surface area contributed by atoms with Gasteiger partial charge in [-0.25, -0.2) is 14.5 Å². The lowest BCUT2D eigenvalue weighted by Crippen LogP contribution is -2.42. The van der Waals surface area contributed by atoms with Gasteiger partial charge in [0.1, 0.15) is 6.33 Å². The van der Waals surface area contributed by atoms with Crippen LogP contribution < -0.4 is 10.6 Å². The number of anilines is 1. The molecule has 29 heavy (non-hydrogen) atoms. The minimum atomic E-state index is -0.0151. The third-order valence-corrected chi connectivity index (χ3v) is 5.99. The number of amides is 1. The second kappa shape index (κ2) is 7.11. The quantitative estimate of drug-likeness (QED) is 0.710. The van der Waals surface area contributed by atoms with Gasteiger partial charge in [0.15, 0.2) is 11.5 Å². The molecule has 3 aromatic rings. The summed E-state index contributed by atoms with van der Waals surface area (Å²) in [6, 6.07) is 6.82. The Bertz CT molecular complexity index is 1070. The van der Waals surface area contributed by atoms with E-state index in [9.17, 15) is 4.79 Å². The maximum Gasteiger partial charge on any atom is 0.251 e. The van der Waals surface area contributed by atoms with Crippen molar-refractivity contribution in [1.29, 1.82) is 0 Å². The van der Waals surface area contributed by atoms with Crippen molar-refractivity contribution >= 4 is 17.4 Å². The molecule has 4 heterocycles. The third kappa shape index (κ3) is 3.23. The van der Waals surface area contributed by atoms with Gasteiger partial charge >= 0.3 is 0 Å². The van der Waals surface area contributed by atoms with E-state index in [0.29, 0.717) is 18.6 Å². The lowest BCUT2D eigenvalue weighted by molar-refractivity contribution is 0.0966. The van der Waals surface area contributed by atoms with E-state index in [1.54, 1.807) is 6.33 Å². The number of nitrogens with zero attached hydrogens (tertiary/aromatic N) is 5. The second-order valence-corrected chi connectivity index (χ2v) is 8.09. The van der Waals surface area contributed by atoms with Gasteiger partial charge in [0.25, 0.3) is 5.91 Å². The number of piperidine rings is 1. The van der Waals surface area contributed by atoms with Crippen molar-refractivity contribution in [2.45, 2.75) is 45.3 Å². The SMILES string of the molecule is CC(C)N1CCC(Nc2ncc(-c3ccc4c(c3)CNC4=O)n3ncnc23)CC1. The van der Waals surface area contributed by atoms with Gasteiger partial charge in [-0.15, -0.1) is 0 Å². The molecule has 0 unspecified atom stereocenters. The average Bonchev–Trinajstić information content (AvgIpc) is 3.36. The summed E-state index contributed by atoms with van der Waals surface area (Å²) >= 11 is 0. The molecule has 2 aliphatic heterocycles. The maximum atomic E-state index is 11.8. The Morgan fingerprint density at radius 2 is 2.03 bits per heavy atom. The van der Waals surface area contributed by atoms with Crippen LogP contribution in [0.3, 0.4) is 0 Å². The summed E-state index contributed by atoms with van der Waals surface area (Å²) in [6.45, 7) is 7.25. The number of benzene rings is 1. The summed E-state index contributed by atoms with van der Waals surface area (Å²) in [4.78, 5) is 23.5. The highest BCUT2D eigenvalue weighted by Gasteiger charge is 2.23. The van der Waals surface area contributed by atoms with Crippen molar-refractivity contribution in [2.24, 2.45) is 0 Å². The van der Waals surface area contributed by atoms with E-state index >= 15 is 0 Å². The zero-order valence-electron chi connectivity index (χ0n) is 16.7. The van der Waals surface area contributed by atoms with Crippen molar-refractivity contribution < 1.29 is 4.79 Å². The van der Waals surface area contributed by atoms with Gasteiger partial charge in [-0.05, 0) is 44.4 Å². The van der Waals surface area contributed by atoms with Gasteiger partial charge in [-0.2, -0.15) is 5.10 Å². The molecule has 0 aliphatic carbocycles. The van der Waals surface area contributed by atoms with Gasteiger partial charge in [-0.1, -0.05) is 6.07 Å². The lowest BCUT2D eigenvalue weighted by atomic mass is 10.0. The molecule has 1 fully saturated rings. The van der Waals surface area contributed by atoms with Crippen LogP contribution in [0.25, 0.3) is 16.9 Å². The molecule has 0 radical (unpaired) electrons. The Balaban J connectivity index is 1.42. The first kappa shape index (κ1) is 18.1. The number of nitrogens with one attached hydrogen (secondary N) is 2. The first-order chi connectivity index (χ1) is 14.1. The topological polar surface area (TPSA) is 87.5 Å². The predicted octanol–water partition coefficient (Wildman–Crippen LogP) is 2.32. The highest BCUT2D eigenvalue weighted by molar-refractivity contribution is 5.98. The standard InChI is InChI=1S/C21H25N7O/c1-13(2)27-7-5-16(6-8-27)26-19-20-24-12-25-28(20)18(11-22-19)14-3-4-17-15(9-14)10-23-21(17)29/h3-4,9,11-13,16H,5-8,10H2,1-2H3,(H,22,26)(H,23,29). The number of fused-ring (bicyclic) bond motifs is 2. The summed E-state index contributed by atoms with van der Waals surface area (Å²) in [5.41, 5.74) is 4.30. The highest BCUT2D eigenvalue weighted by atomic mass is 16.1. The van der Waals surface area contributed by atoms with Crippen molar-refractivity contribution in [3.8, 4) is 11.3 Å². The Hall–Kier alpha value is -3.00. The van der Waals surface area contributed by atoms with Crippen LogP contribution in [0, 0.1) is 0 Å². The number of carbonyl (C=O) groups is 1. The highest BCUT2D eigenvalue weighted by Crippen LogP contribution is 2.27. The zero-order chi connectivity index (χ0) is 20.0. The van der Waals surface area contributed by atoms with E-state index < -0.39 is 0 Å².